The third-order valence-electron chi connectivity index (χ3n) is 10.4. The highest BCUT2D eigenvalue weighted by atomic mass is 35.5. The fourth-order valence-corrected chi connectivity index (χ4v) is 8.75. The highest BCUT2D eigenvalue weighted by Gasteiger charge is 2.46. The van der Waals surface area contributed by atoms with Crippen molar-refractivity contribution in [2.75, 3.05) is 37.7 Å². The van der Waals surface area contributed by atoms with E-state index in [0.29, 0.717) is 36.3 Å². The van der Waals surface area contributed by atoms with Gasteiger partial charge in [-0.2, -0.15) is 15.2 Å². The maximum Gasteiger partial charge on any atom is 0.319 e. The number of halogens is 2. The number of fused-ring (bicyclic) bond motifs is 5. The number of hydrogen-bond donors (Lipinski definition) is 2. The summed E-state index contributed by atoms with van der Waals surface area (Å²) in [7, 11) is 0. The molecule has 4 aliphatic rings. The zero-order valence-electron chi connectivity index (χ0n) is 24.4. The van der Waals surface area contributed by atoms with Crippen LogP contribution < -0.4 is 15.0 Å². The minimum atomic E-state index is -0.575. The molecule has 2 bridgehead atoms. The van der Waals surface area contributed by atoms with E-state index in [1.54, 1.807) is 18.2 Å². The summed E-state index contributed by atoms with van der Waals surface area (Å²) in [6.07, 6.45) is 5.74. The second kappa shape index (κ2) is 10.7. The molecule has 3 atom stereocenters. The molecule has 4 aromatic rings. The van der Waals surface area contributed by atoms with Crippen LogP contribution in [0.15, 0.2) is 42.5 Å². The number of phenolic OH excluding ortho intramolecular Hbond substituents is 1. The van der Waals surface area contributed by atoms with Crippen LogP contribution in [-0.4, -0.2) is 70.4 Å². The van der Waals surface area contributed by atoms with E-state index in [0.717, 1.165) is 62.5 Å². The van der Waals surface area contributed by atoms with Crippen molar-refractivity contribution in [3.05, 3.63) is 53.3 Å². The normalized spacial score (nSPS) is 24.2. The molecular weight excluding hydrogens is 579 g/mol. The van der Waals surface area contributed by atoms with Crippen LogP contribution in [0.3, 0.4) is 0 Å². The number of anilines is 1. The maximum absolute atomic E-state index is 17.0. The van der Waals surface area contributed by atoms with Gasteiger partial charge in [-0.3, -0.25) is 4.90 Å². The Morgan fingerprint density at radius 1 is 1.11 bits per heavy atom. The number of nitrogens with one attached hydrogen (secondary N) is 1. The Morgan fingerprint density at radius 3 is 2.75 bits per heavy atom. The molecule has 1 aromatic heterocycles. The van der Waals surface area contributed by atoms with Gasteiger partial charge in [0.15, 0.2) is 5.82 Å². The van der Waals surface area contributed by atoms with Crippen molar-refractivity contribution < 1.29 is 14.2 Å². The van der Waals surface area contributed by atoms with Crippen LogP contribution in [0.4, 0.5) is 10.2 Å². The summed E-state index contributed by atoms with van der Waals surface area (Å²) in [6, 6.07) is 15.2. The molecule has 226 valence electrons. The molecule has 0 radical (unpaired) electrons. The molecule has 8 rings (SSSR count). The molecule has 4 aliphatic heterocycles. The molecule has 5 heterocycles. The largest absolute Gasteiger partial charge is 0.508 e. The van der Waals surface area contributed by atoms with Gasteiger partial charge in [0.1, 0.15) is 23.7 Å². The number of aromatic nitrogens is 2. The van der Waals surface area contributed by atoms with Crippen molar-refractivity contribution in [1.82, 2.24) is 20.2 Å². The Hall–Kier alpha value is -3.71. The van der Waals surface area contributed by atoms with E-state index in [9.17, 15) is 10.4 Å². The van der Waals surface area contributed by atoms with Crippen LogP contribution in [0.25, 0.3) is 32.8 Å². The summed E-state index contributed by atoms with van der Waals surface area (Å²) in [5.74, 6) is 0.230. The van der Waals surface area contributed by atoms with Gasteiger partial charge in [0.2, 0.25) is 0 Å². The van der Waals surface area contributed by atoms with Crippen molar-refractivity contribution in [2.24, 2.45) is 5.92 Å². The number of rotatable bonds is 6. The molecule has 10 heteroatoms. The Morgan fingerprint density at radius 2 is 1.93 bits per heavy atom. The van der Waals surface area contributed by atoms with E-state index >= 15 is 4.39 Å². The van der Waals surface area contributed by atoms with Crippen LogP contribution >= 0.6 is 11.6 Å². The predicted octanol–water partition coefficient (Wildman–Crippen LogP) is 6.04. The van der Waals surface area contributed by atoms with Crippen molar-refractivity contribution in [1.29, 1.82) is 5.26 Å². The van der Waals surface area contributed by atoms with Gasteiger partial charge in [-0.15, -0.1) is 0 Å². The van der Waals surface area contributed by atoms with E-state index in [2.05, 4.69) is 21.2 Å². The minimum Gasteiger partial charge on any atom is -0.508 e. The highest BCUT2D eigenvalue weighted by Crippen LogP contribution is 2.46. The number of ether oxygens (including phenoxy) is 1. The number of benzene rings is 3. The first kappa shape index (κ1) is 27.8. The molecule has 4 fully saturated rings. The highest BCUT2D eigenvalue weighted by molar-refractivity contribution is 6.35. The van der Waals surface area contributed by atoms with E-state index < -0.39 is 5.82 Å². The van der Waals surface area contributed by atoms with Gasteiger partial charge in [-0.05, 0) is 85.6 Å². The summed E-state index contributed by atoms with van der Waals surface area (Å²) in [5.41, 5.74) is 0.798. The lowest BCUT2D eigenvalue weighted by atomic mass is 9.95. The van der Waals surface area contributed by atoms with Crippen LogP contribution in [0.1, 0.15) is 38.5 Å². The van der Waals surface area contributed by atoms with Crippen LogP contribution in [0, 0.1) is 23.1 Å². The second-order valence-corrected chi connectivity index (χ2v) is 13.2. The average Bonchev–Trinajstić information content (AvgIpc) is 3.65. The smallest absolute Gasteiger partial charge is 0.319 e. The molecule has 0 saturated carbocycles. The molecule has 2 N–H and O–H groups in total. The van der Waals surface area contributed by atoms with Crippen molar-refractivity contribution in [3.63, 3.8) is 0 Å². The Labute approximate surface area is 260 Å². The molecule has 44 heavy (non-hydrogen) atoms. The number of nitrogens with zero attached hydrogens (tertiary/aromatic N) is 5. The molecule has 3 aromatic carbocycles. The second-order valence-electron chi connectivity index (χ2n) is 12.8. The van der Waals surface area contributed by atoms with Gasteiger partial charge in [0.25, 0.3) is 0 Å². The molecule has 0 spiro atoms. The van der Waals surface area contributed by atoms with Gasteiger partial charge >= 0.3 is 6.01 Å². The molecular formula is C34H34ClFN6O2. The molecule has 4 saturated heterocycles. The SMILES string of the molecule is N#CCC1CC2CNCC1N2c1nc(OCC23CCCN2CCC3)nc2c(F)c(-c3cc(O)cc4ccccc34)c(Cl)cc12. The first-order chi connectivity index (χ1) is 21.5. The van der Waals surface area contributed by atoms with Gasteiger partial charge in [0, 0.05) is 42.5 Å². The summed E-state index contributed by atoms with van der Waals surface area (Å²) < 4.78 is 23.4. The van der Waals surface area contributed by atoms with Gasteiger partial charge in [0.05, 0.1) is 16.6 Å². The van der Waals surface area contributed by atoms with Crippen LogP contribution in [0.5, 0.6) is 11.8 Å². The van der Waals surface area contributed by atoms with E-state index in [1.807, 2.05) is 24.3 Å². The Kier molecular flexibility index (Phi) is 6.78. The van der Waals surface area contributed by atoms with Crippen LogP contribution in [-0.2, 0) is 0 Å². The fraction of sp³-hybridized carbons (Fsp3) is 0.441. The van der Waals surface area contributed by atoms with Crippen molar-refractivity contribution in [3.8, 4) is 29.0 Å². The Bertz CT molecular complexity index is 1820. The van der Waals surface area contributed by atoms with Crippen LogP contribution in [0.2, 0.25) is 5.02 Å². The topological polar surface area (TPSA) is 97.5 Å². The monoisotopic (exact) mass is 612 g/mol. The van der Waals surface area contributed by atoms with E-state index in [1.165, 1.54) is 0 Å². The van der Waals surface area contributed by atoms with Crippen molar-refractivity contribution >= 4 is 39.1 Å². The summed E-state index contributed by atoms with van der Waals surface area (Å²) in [4.78, 5) is 14.5. The van der Waals surface area contributed by atoms with E-state index in [-0.39, 0.29) is 51.4 Å². The maximum atomic E-state index is 17.0. The standard InChI is InChI=1S/C34H34ClFN6O2/c35-27-16-26-31(30(36)29(27)25-15-23(43)14-20-5-1-2-6-24(20)25)39-33(44-19-34-8-3-11-41(34)12-4-9-34)40-32(26)42-22-13-21(7-10-37)28(42)18-38-17-22/h1-2,5-6,14-16,21-22,28,38,43H,3-4,7-9,11-13,17-19H2. The molecule has 8 nitrogen and oxygen atoms in total. The molecule has 0 amide bonds. The number of piperazine rings is 1. The van der Waals surface area contributed by atoms with Gasteiger partial charge < -0.3 is 20.1 Å². The third kappa shape index (κ3) is 4.38. The zero-order valence-corrected chi connectivity index (χ0v) is 25.2. The number of phenols is 1. The third-order valence-corrected chi connectivity index (χ3v) is 10.7. The first-order valence-electron chi connectivity index (χ1n) is 15.6. The number of hydrogen-bond acceptors (Lipinski definition) is 8. The summed E-state index contributed by atoms with van der Waals surface area (Å²) in [5, 5.41) is 25.9. The van der Waals surface area contributed by atoms with Gasteiger partial charge in [-0.25, -0.2) is 4.39 Å². The predicted molar refractivity (Wildman–Crippen MR) is 169 cm³/mol. The summed E-state index contributed by atoms with van der Waals surface area (Å²) in [6.45, 7) is 4.08. The first-order valence-corrected chi connectivity index (χ1v) is 16.0. The quantitative estimate of drug-likeness (QED) is 0.272. The molecule has 0 aliphatic carbocycles. The van der Waals surface area contributed by atoms with E-state index in [4.69, 9.17) is 26.3 Å². The van der Waals surface area contributed by atoms with Gasteiger partial charge in [-0.1, -0.05) is 35.9 Å². The lowest BCUT2D eigenvalue weighted by Gasteiger charge is -2.38. The summed E-state index contributed by atoms with van der Waals surface area (Å²) >= 11 is 6.93. The zero-order chi connectivity index (χ0) is 30.0. The molecule has 3 unspecified atom stereocenters. The lowest BCUT2D eigenvalue weighted by molar-refractivity contribution is 0.108. The minimum absolute atomic E-state index is 0.0192. The number of aromatic hydroxyl groups is 1. The fourth-order valence-electron chi connectivity index (χ4n) is 8.46. The number of nitriles is 1. The lowest BCUT2D eigenvalue weighted by Crippen LogP contribution is -2.53. The average molecular weight is 613 g/mol. The van der Waals surface area contributed by atoms with Crippen molar-refractivity contribution in [2.45, 2.75) is 56.1 Å². The Balaban J connectivity index is 1.30.